The fraction of sp³-hybridized carbons (Fsp3) is 0.308. The summed E-state index contributed by atoms with van der Waals surface area (Å²) in [5.41, 5.74) is 6.41. The lowest BCUT2D eigenvalue weighted by Gasteiger charge is -2.06. The summed E-state index contributed by atoms with van der Waals surface area (Å²) in [5.74, 6) is 0.682. The fourth-order valence-corrected chi connectivity index (χ4v) is 3.42. The lowest BCUT2D eigenvalue weighted by atomic mass is 10.2. The molecule has 1 unspecified atom stereocenters. The van der Waals surface area contributed by atoms with Gasteiger partial charge in [0, 0.05) is 22.0 Å². The topological polar surface area (TPSA) is 38.9 Å². The number of thioether (sulfide) groups is 1. The average Bonchev–Trinajstić information content (AvgIpc) is 2.79. The number of rotatable bonds is 4. The van der Waals surface area contributed by atoms with E-state index >= 15 is 0 Å². The summed E-state index contributed by atoms with van der Waals surface area (Å²) in [6, 6.07) is 5.07. The molecule has 0 spiro atoms. The van der Waals surface area contributed by atoms with Crippen molar-refractivity contribution in [3.8, 4) is 10.6 Å². The zero-order valence-corrected chi connectivity index (χ0v) is 11.9. The molecule has 0 fully saturated rings. The van der Waals surface area contributed by atoms with Crippen LogP contribution in [0.1, 0.15) is 24.8 Å². The van der Waals surface area contributed by atoms with Crippen LogP contribution in [0.4, 0.5) is 4.39 Å². The fourth-order valence-electron chi connectivity index (χ4n) is 1.60. The van der Waals surface area contributed by atoms with Gasteiger partial charge < -0.3 is 5.73 Å². The summed E-state index contributed by atoms with van der Waals surface area (Å²) in [4.78, 5) is 6.20. The van der Waals surface area contributed by atoms with Crippen molar-refractivity contribution in [1.82, 2.24) is 4.98 Å². The first-order valence-electron chi connectivity index (χ1n) is 5.76. The van der Waals surface area contributed by atoms with Crippen molar-refractivity contribution in [2.75, 3.05) is 5.75 Å². The van der Waals surface area contributed by atoms with Crippen LogP contribution in [0.25, 0.3) is 10.6 Å². The number of nitrogens with two attached hydrogens (primary N) is 1. The Labute approximate surface area is 114 Å². The molecule has 0 bridgehead atoms. The Balaban J connectivity index is 2.48. The Morgan fingerprint density at radius 2 is 2.28 bits per heavy atom. The van der Waals surface area contributed by atoms with Gasteiger partial charge in [0.1, 0.15) is 10.8 Å². The molecule has 0 aliphatic rings. The molecule has 2 N–H and O–H groups in total. The first kappa shape index (κ1) is 13.5. The Morgan fingerprint density at radius 3 is 2.89 bits per heavy atom. The van der Waals surface area contributed by atoms with Gasteiger partial charge >= 0.3 is 0 Å². The van der Waals surface area contributed by atoms with Crippen molar-refractivity contribution in [3.63, 3.8) is 0 Å². The summed E-state index contributed by atoms with van der Waals surface area (Å²) in [5, 5.41) is 0.705. The molecule has 0 saturated heterocycles. The molecule has 0 radical (unpaired) electrons. The van der Waals surface area contributed by atoms with Gasteiger partial charge in [0.2, 0.25) is 0 Å². The molecule has 0 amide bonds. The van der Waals surface area contributed by atoms with Gasteiger partial charge in [-0.15, -0.1) is 23.1 Å². The Hall–Kier alpha value is -0.910. The summed E-state index contributed by atoms with van der Waals surface area (Å²) in [6.07, 6.45) is 1.73. The minimum absolute atomic E-state index is 0.0645. The third-order valence-electron chi connectivity index (χ3n) is 2.46. The van der Waals surface area contributed by atoms with E-state index in [2.05, 4.69) is 11.9 Å². The van der Waals surface area contributed by atoms with Crippen LogP contribution in [0.3, 0.4) is 0 Å². The minimum atomic E-state index is -0.223. The van der Waals surface area contributed by atoms with Gasteiger partial charge in [0.05, 0.1) is 5.56 Å². The van der Waals surface area contributed by atoms with Crippen molar-refractivity contribution >= 4 is 23.1 Å². The van der Waals surface area contributed by atoms with E-state index in [4.69, 9.17) is 5.73 Å². The lowest BCUT2D eigenvalue weighted by Crippen LogP contribution is -2.01. The predicted molar refractivity (Wildman–Crippen MR) is 76.5 cm³/mol. The van der Waals surface area contributed by atoms with E-state index in [-0.39, 0.29) is 11.9 Å². The molecular weight excluding hydrogens is 267 g/mol. The van der Waals surface area contributed by atoms with Gasteiger partial charge in [-0.05, 0) is 24.8 Å². The van der Waals surface area contributed by atoms with Gasteiger partial charge in [-0.25, -0.2) is 9.37 Å². The van der Waals surface area contributed by atoms with E-state index < -0.39 is 0 Å². The van der Waals surface area contributed by atoms with Crippen LogP contribution in [0.5, 0.6) is 0 Å². The molecule has 96 valence electrons. The molecule has 0 saturated carbocycles. The Kier molecular flexibility index (Phi) is 4.37. The molecule has 1 atom stereocenters. The van der Waals surface area contributed by atoms with E-state index in [0.717, 1.165) is 15.5 Å². The number of benzene rings is 1. The first-order chi connectivity index (χ1) is 8.63. The van der Waals surface area contributed by atoms with Crippen molar-refractivity contribution in [1.29, 1.82) is 0 Å². The molecule has 2 nitrogen and oxygen atoms in total. The standard InChI is InChI=1S/C13H15FN2S2/c1-3-17-10-6-4-5-9(14)12(10)13-16-7-11(18-13)8(2)15/h4-8H,3,15H2,1-2H3. The van der Waals surface area contributed by atoms with E-state index in [9.17, 15) is 4.39 Å². The number of hydrogen-bond donors (Lipinski definition) is 1. The highest BCUT2D eigenvalue weighted by Crippen LogP contribution is 2.36. The second-order valence-electron chi connectivity index (χ2n) is 3.90. The van der Waals surface area contributed by atoms with Crippen LogP contribution >= 0.6 is 23.1 Å². The van der Waals surface area contributed by atoms with Crippen molar-refractivity contribution in [3.05, 3.63) is 35.1 Å². The SMILES string of the molecule is CCSc1cccc(F)c1-c1ncc(C(C)N)s1. The third-order valence-corrected chi connectivity index (χ3v) is 4.62. The number of hydrogen-bond acceptors (Lipinski definition) is 4. The Bertz CT molecular complexity index is 538. The summed E-state index contributed by atoms with van der Waals surface area (Å²) in [7, 11) is 0. The van der Waals surface area contributed by atoms with Gasteiger partial charge in [0.15, 0.2) is 0 Å². The maximum atomic E-state index is 14.0. The Morgan fingerprint density at radius 1 is 1.50 bits per heavy atom. The third kappa shape index (κ3) is 2.74. The molecule has 5 heteroatoms. The molecule has 2 aromatic rings. The van der Waals surface area contributed by atoms with E-state index in [1.165, 1.54) is 17.4 Å². The van der Waals surface area contributed by atoms with Crippen molar-refractivity contribution in [2.24, 2.45) is 5.73 Å². The highest BCUT2D eigenvalue weighted by molar-refractivity contribution is 7.99. The second kappa shape index (κ2) is 5.82. The zero-order chi connectivity index (χ0) is 13.1. The van der Waals surface area contributed by atoms with E-state index in [0.29, 0.717) is 10.6 Å². The number of halogens is 1. The van der Waals surface area contributed by atoms with Gasteiger partial charge in [0.25, 0.3) is 0 Å². The molecule has 18 heavy (non-hydrogen) atoms. The largest absolute Gasteiger partial charge is 0.323 e. The van der Waals surface area contributed by atoms with Gasteiger partial charge in [-0.3, -0.25) is 0 Å². The van der Waals surface area contributed by atoms with Crippen LogP contribution < -0.4 is 5.73 Å². The molecule has 0 aliphatic carbocycles. The summed E-state index contributed by atoms with van der Waals surface area (Å²) >= 11 is 3.08. The zero-order valence-electron chi connectivity index (χ0n) is 10.3. The van der Waals surface area contributed by atoms with E-state index in [1.54, 1.807) is 24.0 Å². The average molecular weight is 282 g/mol. The molecular formula is C13H15FN2S2. The molecule has 1 aromatic heterocycles. The molecule has 1 heterocycles. The highest BCUT2D eigenvalue weighted by atomic mass is 32.2. The van der Waals surface area contributed by atoms with Crippen LogP contribution in [0.15, 0.2) is 29.3 Å². The van der Waals surface area contributed by atoms with Crippen LogP contribution in [0, 0.1) is 5.82 Å². The molecule has 0 aliphatic heterocycles. The smallest absolute Gasteiger partial charge is 0.134 e. The molecule has 2 rings (SSSR count). The second-order valence-corrected chi connectivity index (χ2v) is 6.27. The normalized spacial score (nSPS) is 12.7. The minimum Gasteiger partial charge on any atom is -0.323 e. The number of thiazole rings is 1. The maximum absolute atomic E-state index is 14.0. The maximum Gasteiger partial charge on any atom is 0.134 e. The monoisotopic (exact) mass is 282 g/mol. The van der Waals surface area contributed by atoms with Crippen LogP contribution in [0.2, 0.25) is 0 Å². The predicted octanol–water partition coefficient (Wildman–Crippen LogP) is 4.08. The van der Waals surface area contributed by atoms with Gasteiger partial charge in [-0.2, -0.15) is 0 Å². The van der Waals surface area contributed by atoms with Crippen LogP contribution in [-0.2, 0) is 0 Å². The summed E-state index contributed by atoms with van der Waals surface area (Å²) in [6.45, 7) is 3.95. The summed E-state index contributed by atoms with van der Waals surface area (Å²) < 4.78 is 14.0. The number of aromatic nitrogens is 1. The molecule has 1 aromatic carbocycles. The number of nitrogens with zero attached hydrogens (tertiary/aromatic N) is 1. The van der Waals surface area contributed by atoms with E-state index in [1.807, 2.05) is 13.0 Å². The first-order valence-corrected chi connectivity index (χ1v) is 7.56. The lowest BCUT2D eigenvalue weighted by molar-refractivity contribution is 0.628. The van der Waals surface area contributed by atoms with Crippen molar-refractivity contribution in [2.45, 2.75) is 24.8 Å². The van der Waals surface area contributed by atoms with Gasteiger partial charge in [-0.1, -0.05) is 13.0 Å². The van der Waals surface area contributed by atoms with Crippen LogP contribution in [-0.4, -0.2) is 10.7 Å². The highest BCUT2D eigenvalue weighted by Gasteiger charge is 2.15. The quantitative estimate of drug-likeness (QED) is 0.859. The van der Waals surface area contributed by atoms with Crippen molar-refractivity contribution < 1.29 is 4.39 Å².